The normalized spacial score (nSPS) is 18.3. The van der Waals surface area contributed by atoms with Crippen LogP contribution in [0.5, 0.6) is 0 Å². The highest BCUT2D eigenvalue weighted by Crippen LogP contribution is 2.35. The smallest absolute Gasteiger partial charge is 0.282 e. The number of alkyl halides is 4. The Morgan fingerprint density at radius 1 is 1.15 bits per heavy atom. The molecule has 4 heterocycles. The summed E-state index contributed by atoms with van der Waals surface area (Å²) >= 11 is 1.43. The average Bonchev–Trinajstić information content (AvgIpc) is 3.68. The number of rotatable bonds is 9. The van der Waals surface area contributed by atoms with Crippen LogP contribution in [0.2, 0.25) is 0 Å². The molecule has 3 aromatic rings. The summed E-state index contributed by atoms with van der Waals surface area (Å²) in [5.41, 5.74) is 0.611. The minimum atomic E-state index is -4.48. The van der Waals surface area contributed by atoms with E-state index in [4.69, 9.17) is 9.82 Å². The van der Waals surface area contributed by atoms with Gasteiger partial charge in [-0.25, -0.2) is 31.0 Å². The first-order valence-electron chi connectivity index (χ1n) is 12.6. The molecule has 0 aliphatic carbocycles. The van der Waals surface area contributed by atoms with Crippen molar-refractivity contribution in [3.8, 4) is 0 Å². The molecule has 0 N–H and O–H groups in total. The van der Waals surface area contributed by atoms with Crippen LogP contribution in [-0.2, 0) is 32.0 Å². The molecule has 0 bridgehead atoms. The summed E-state index contributed by atoms with van der Waals surface area (Å²) in [5.74, 6) is -1.08. The van der Waals surface area contributed by atoms with E-state index in [2.05, 4.69) is 10.3 Å². The number of oxime groups is 1. The summed E-state index contributed by atoms with van der Waals surface area (Å²) in [6.07, 6.45) is -5.13. The van der Waals surface area contributed by atoms with Gasteiger partial charge in [0.05, 0.1) is 26.6 Å². The number of carbonyl (C=O) groups is 1. The van der Waals surface area contributed by atoms with E-state index >= 15 is 0 Å². The number of likely N-dealkylation sites (tertiary alicyclic amines) is 1. The zero-order chi connectivity index (χ0) is 29.3. The molecule has 0 radical (unpaired) electrons. The van der Waals surface area contributed by atoms with E-state index in [-0.39, 0.29) is 5.92 Å². The number of hydrogen-bond acceptors (Lipinski definition) is 9. The number of thiazole rings is 1. The lowest BCUT2D eigenvalue weighted by Crippen LogP contribution is -2.40. The van der Waals surface area contributed by atoms with Crippen LogP contribution < -0.4 is 0 Å². The van der Waals surface area contributed by atoms with Crippen LogP contribution in [0.3, 0.4) is 0 Å². The van der Waals surface area contributed by atoms with Gasteiger partial charge in [-0.05, 0) is 30.0 Å². The molecule has 16 heteroatoms. The number of hydrogen-bond donors (Lipinski definition) is 0. The highest BCUT2D eigenvalue weighted by Gasteiger charge is 2.31. The van der Waals surface area contributed by atoms with Gasteiger partial charge in [-0.1, -0.05) is 29.4 Å². The van der Waals surface area contributed by atoms with Gasteiger partial charge in [0.1, 0.15) is 23.6 Å². The monoisotopic (exact) mass is 614 g/mol. The largest absolute Gasteiger partial charge is 0.748 e. The molecule has 1 fully saturated rings. The van der Waals surface area contributed by atoms with Gasteiger partial charge < -0.3 is 14.3 Å². The number of benzene rings is 1. The zero-order valence-corrected chi connectivity index (χ0v) is 23.0. The molecule has 2 aliphatic rings. The molecule has 1 atom stereocenters. The quantitative estimate of drug-likeness (QED) is 0.256. The maximum Gasteiger partial charge on any atom is 0.282 e. The summed E-state index contributed by atoms with van der Waals surface area (Å²) in [6.45, 7) is 0.136. The third kappa shape index (κ3) is 6.76. The van der Waals surface area contributed by atoms with E-state index in [0.717, 1.165) is 5.01 Å². The van der Waals surface area contributed by atoms with E-state index in [1.807, 2.05) is 5.38 Å². The van der Waals surface area contributed by atoms with Crippen molar-refractivity contribution in [3.05, 3.63) is 68.9 Å². The van der Waals surface area contributed by atoms with Crippen LogP contribution in [-0.4, -0.2) is 57.3 Å². The van der Waals surface area contributed by atoms with Crippen LogP contribution in [0.1, 0.15) is 77.4 Å². The van der Waals surface area contributed by atoms with Crippen LogP contribution in [0.4, 0.5) is 17.6 Å². The molecule has 1 unspecified atom stereocenters. The Morgan fingerprint density at radius 2 is 1.88 bits per heavy atom. The molecule has 5 rings (SSSR count). The second-order valence-corrected chi connectivity index (χ2v) is 12.0. The Balaban J connectivity index is 1.18. The number of carbonyl (C=O) groups excluding carboxylic acids is 1. The van der Waals surface area contributed by atoms with Gasteiger partial charge in [0.15, 0.2) is 6.10 Å². The lowest BCUT2D eigenvalue weighted by atomic mass is 9.97. The van der Waals surface area contributed by atoms with Crippen molar-refractivity contribution < 1.29 is 40.2 Å². The topological polar surface area (TPSA) is 130 Å². The minimum absolute atomic E-state index is 0.0475. The van der Waals surface area contributed by atoms with Crippen molar-refractivity contribution in [2.24, 2.45) is 5.16 Å². The van der Waals surface area contributed by atoms with E-state index in [1.165, 1.54) is 16.2 Å². The molecule has 2 aromatic heterocycles. The maximum atomic E-state index is 13.2. The Labute approximate surface area is 236 Å². The molecule has 1 saturated heterocycles. The summed E-state index contributed by atoms with van der Waals surface area (Å²) in [5, 5.41) is 10.3. The van der Waals surface area contributed by atoms with E-state index in [9.17, 15) is 35.3 Å². The average molecular weight is 615 g/mol. The second-order valence-electron chi connectivity index (χ2n) is 9.72. The summed E-state index contributed by atoms with van der Waals surface area (Å²) in [7, 11) is -4.48. The Morgan fingerprint density at radius 3 is 2.56 bits per heavy atom. The lowest BCUT2D eigenvalue weighted by molar-refractivity contribution is -0.133. The summed E-state index contributed by atoms with van der Waals surface area (Å²) in [6, 6.07) is 7.25. The van der Waals surface area contributed by atoms with Gasteiger partial charge in [0.2, 0.25) is 5.91 Å². The first-order chi connectivity index (χ1) is 19.5. The second kappa shape index (κ2) is 11.9. The Bertz CT molecular complexity index is 1550. The first kappa shape index (κ1) is 29.1. The van der Waals surface area contributed by atoms with Gasteiger partial charge in [-0.15, -0.1) is 11.3 Å². The highest BCUT2D eigenvalue weighted by molar-refractivity contribution is 7.84. The van der Waals surface area contributed by atoms with Crippen molar-refractivity contribution in [2.75, 3.05) is 13.1 Å². The predicted octanol–water partition coefficient (Wildman–Crippen LogP) is 4.53. The SMILES string of the molecule is O=C(Cn1nc(C(F)F)cc1C(F)F)N1CCC(c2nc(C3=NOC(c4ccccc4CS(=O)(=O)[O-])C3)cs2)CC1. The molecule has 0 saturated carbocycles. The molecule has 2 aliphatic heterocycles. The Kier molecular flexibility index (Phi) is 8.42. The summed E-state index contributed by atoms with van der Waals surface area (Å²) < 4.78 is 86.9. The fourth-order valence-electron chi connectivity index (χ4n) is 4.94. The van der Waals surface area contributed by atoms with Gasteiger partial charge >= 0.3 is 0 Å². The number of aromatic nitrogens is 3. The van der Waals surface area contributed by atoms with E-state index in [0.29, 0.717) is 65.6 Å². The van der Waals surface area contributed by atoms with Gasteiger partial charge in [0, 0.05) is 30.8 Å². The molecular weight excluding hydrogens is 590 g/mol. The fraction of sp³-hybridized carbons (Fsp3) is 0.440. The minimum Gasteiger partial charge on any atom is -0.748 e. The van der Waals surface area contributed by atoms with Crippen molar-refractivity contribution in [1.29, 1.82) is 0 Å². The zero-order valence-electron chi connectivity index (χ0n) is 21.3. The standard InChI is InChI=1S/C25H25F4N5O5S2/c26-23(27)18-9-20(24(28)29)34(31-18)11-22(35)33-7-5-14(6-8-33)25-30-19(12-40-25)17-10-21(39-32-17)16-4-2-1-3-15(16)13-41(36,37)38/h1-4,9,12,14,21,23-24H,5-8,10-11,13H2,(H,36,37,38)/p-1. The van der Waals surface area contributed by atoms with Gasteiger partial charge in [0.25, 0.3) is 12.9 Å². The van der Waals surface area contributed by atoms with Gasteiger partial charge in [-0.3, -0.25) is 9.48 Å². The third-order valence-electron chi connectivity index (χ3n) is 6.98. The molecule has 1 aromatic carbocycles. The number of amides is 1. The number of nitrogens with zero attached hydrogens (tertiary/aromatic N) is 5. The summed E-state index contributed by atoms with van der Waals surface area (Å²) in [4.78, 5) is 24.5. The third-order valence-corrected chi connectivity index (χ3v) is 8.65. The fourth-order valence-corrected chi connectivity index (χ4v) is 6.58. The van der Waals surface area contributed by atoms with Crippen molar-refractivity contribution in [1.82, 2.24) is 19.7 Å². The van der Waals surface area contributed by atoms with E-state index in [1.54, 1.807) is 24.3 Å². The first-order valence-corrected chi connectivity index (χ1v) is 15.1. The van der Waals surface area contributed by atoms with Gasteiger partial charge in [-0.2, -0.15) is 5.10 Å². The molecular formula is C25H24F4N5O5S2-. The van der Waals surface area contributed by atoms with Crippen LogP contribution >= 0.6 is 11.3 Å². The number of halogens is 4. The molecule has 0 spiro atoms. The van der Waals surface area contributed by atoms with E-state index < -0.39 is 58.7 Å². The lowest BCUT2D eigenvalue weighted by Gasteiger charge is -2.31. The van der Waals surface area contributed by atoms with Crippen LogP contribution in [0.15, 0.2) is 40.9 Å². The molecule has 10 nitrogen and oxygen atoms in total. The van der Waals surface area contributed by atoms with Crippen molar-refractivity contribution in [2.45, 2.75) is 56.4 Å². The highest BCUT2D eigenvalue weighted by atomic mass is 32.2. The van der Waals surface area contributed by atoms with Crippen LogP contribution in [0, 0.1) is 0 Å². The maximum absolute atomic E-state index is 13.2. The predicted molar refractivity (Wildman–Crippen MR) is 138 cm³/mol. The van der Waals surface area contributed by atoms with Crippen LogP contribution in [0.25, 0.3) is 0 Å². The molecule has 220 valence electrons. The molecule has 41 heavy (non-hydrogen) atoms. The van der Waals surface area contributed by atoms with Crippen molar-refractivity contribution in [3.63, 3.8) is 0 Å². The Hall–Kier alpha value is -3.37. The molecule has 1 amide bonds. The number of piperidine rings is 1. The van der Waals surface area contributed by atoms with Crippen molar-refractivity contribution >= 4 is 33.1 Å².